The number of carbonyl (C=O) groups is 1. The average Bonchev–Trinajstić information content (AvgIpc) is 2.28. The summed E-state index contributed by atoms with van der Waals surface area (Å²) in [6, 6.07) is 6.81. The molecule has 0 saturated heterocycles. The Morgan fingerprint density at radius 3 is 2.68 bits per heavy atom. The van der Waals surface area contributed by atoms with Crippen LogP contribution < -0.4 is 11.1 Å². The van der Waals surface area contributed by atoms with Gasteiger partial charge in [0.25, 0.3) is 0 Å². The van der Waals surface area contributed by atoms with Crippen LogP contribution >= 0.6 is 11.6 Å². The fourth-order valence-corrected chi connectivity index (χ4v) is 3.24. The van der Waals surface area contributed by atoms with Crippen molar-refractivity contribution in [1.82, 2.24) is 0 Å². The van der Waals surface area contributed by atoms with Crippen LogP contribution in [0.3, 0.4) is 0 Å². The third kappa shape index (κ3) is 6.45. The van der Waals surface area contributed by atoms with E-state index < -0.39 is 9.84 Å². The second-order valence-corrected chi connectivity index (χ2v) is 6.80. The van der Waals surface area contributed by atoms with Crippen LogP contribution in [0.4, 0.5) is 11.4 Å². The molecule has 0 bridgehead atoms. The topological polar surface area (TPSA) is 89.3 Å². The van der Waals surface area contributed by atoms with Gasteiger partial charge in [0, 0.05) is 23.7 Å². The molecule has 0 aromatic heterocycles. The third-order valence-electron chi connectivity index (χ3n) is 2.42. The van der Waals surface area contributed by atoms with E-state index in [9.17, 15) is 13.2 Å². The second-order valence-electron chi connectivity index (χ2n) is 4.12. The SMILES string of the molecule is Nc1cccc(NC(=O)CCCS(=O)(=O)CCCl)c1. The van der Waals surface area contributed by atoms with Gasteiger partial charge in [0.2, 0.25) is 5.91 Å². The van der Waals surface area contributed by atoms with Gasteiger partial charge in [-0.05, 0) is 24.6 Å². The Hall–Kier alpha value is -1.27. The number of nitrogens with one attached hydrogen (secondary N) is 1. The predicted octanol–water partition coefficient (Wildman–Crippen LogP) is 1.64. The van der Waals surface area contributed by atoms with E-state index in [1.165, 1.54) is 0 Å². The molecule has 0 aliphatic rings. The first-order valence-corrected chi connectivity index (χ1v) is 8.20. The number of anilines is 2. The van der Waals surface area contributed by atoms with Gasteiger partial charge in [0.1, 0.15) is 0 Å². The summed E-state index contributed by atoms with van der Waals surface area (Å²) in [6.07, 6.45) is 0.434. The third-order valence-corrected chi connectivity index (χ3v) is 4.57. The molecule has 0 aliphatic heterocycles. The first-order chi connectivity index (χ1) is 8.93. The molecule has 0 radical (unpaired) electrons. The highest BCUT2D eigenvalue weighted by atomic mass is 35.5. The van der Waals surface area contributed by atoms with Crippen LogP contribution in [0.25, 0.3) is 0 Å². The molecule has 0 unspecified atom stereocenters. The largest absolute Gasteiger partial charge is 0.399 e. The normalized spacial score (nSPS) is 11.2. The molecule has 1 amide bonds. The molecule has 0 saturated carbocycles. The summed E-state index contributed by atoms with van der Waals surface area (Å²) < 4.78 is 22.8. The van der Waals surface area contributed by atoms with Crippen LogP contribution in [-0.2, 0) is 14.6 Å². The molecule has 19 heavy (non-hydrogen) atoms. The summed E-state index contributed by atoms with van der Waals surface area (Å²) >= 11 is 5.38. The minimum Gasteiger partial charge on any atom is -0.399 e. The van der Waals surface area contributed by atoms with E-state index in [0.29, 0.717) is 11.4 Å². The Kier molecular flexibility index (Phi) is 6.11. The zero-order valence-electron chi connectivity index (χ0n) is 10.4. The number of carbonyl (C=O) groups excluding carboxylic acids is 1. The van der Waals surface area contributed by atoms with E-state index in [2.05, 4.69) is 5.32 Å². The zero-order chi connectivity index (χ0) is 14.3. The minimum atomic E-state index is -3.14. The molecule has 1 aromatic carbocycles. The van der Waals surface area contributed by atoms with E-state index in [0.717, 1.165) is 0 Å². The van der Waals surface area contributed by atoms with Crippen molar-refractivity contribution in [1.29, 1.82) is 0 Å². The van der Waals surface area contributed by atoms with Gasteiger partial charge < -0.3 is 11.1 Å². The molecular weight excluding hydrogens is 288 g/mol. The lowest BCUT2D eigenvalue weighted by molar-refractivity contribution is -0.116. The number of rotatable bonds is 7. The lowest BCUT2D eigenvalue weighted by Crippen LogP contribution is -2.16. The molecule has 0 fully saturated rings. The van der Waals surface area contributed by atoms with Crippen molar-refractivity contribution < 1.29 is 13.2 Å². The number of hydrogen-bond donors (Lipinski definition) is 2. The standard InChI is InChI=1S/C12H17ClN2O3S/c13-6-8-19(17,18)7-2-5-12(16)15-11-4-1-3-10(14)9-11/h1,3-4,9H,2,5-8,14H2,(H,15,16). The van der Waals surface area contributed by atoms with Crippen molar-refractivity contribution in [2.24, 2.45) is 0 Å². The summed E-state index contributed by atoms with van der Waals surface area (Å²) in [4.78, 5) is 11.6. The van der Waals surface area contributed by atoms with Crippen LogP contribution in [-0.4, -0.2) is 31.7 Å². The first-order valence-electron chi connectivity index (χ1n) is 5.85. The van der Waals surface area contributed by atoms with E-state index in [1.54, 1.807) is 24.3 Å². The summed E-state index contributed by atoms with van der Waals surface area (Å²) in [5.74, 6) is -0.223. The Bertz CT molecular complexity index is 532. The van der Waals surface area contributed by atoms with Crippen molar-refractivity contribution in [3.63, 3.8) is 0 Å². The smallest absolute Gasteiger partial charge is 0.224 e. The summed E-state index contributed by atoms with van der Waals surface area (Å²) in [7, 11) is -3.14. The molecule has 3 N–H and O–H groups in total. The second kappa shape index (κ2) is 7.35. The van der Waals surface area contributed by atoms with Gasteiger partial charge in [-0.15, -0.1) is 11.6 Å². The van der Waals surface area contributed by atoms with E-state index in [-0.39, 0.29) is 36.1 Å². The highest BCUT2D eigenvalue weighted by molar-refractivity contribution is 7.91. The number of halogens is 1. The Balaban J connectivity index is 2.37. The molecule has 0 spiro atoms. The highest BCUT2D eigenvalue weighted by Gasteiger charge is 2.11. The van der Waals surface area contributed by atoms with Gasteiger partial charge in [0.15, 0.2) is 9.84 Å². The molecular formula is C12H17ClN2O3S. The van der Waals surface area contributed by atoms with Crippen molar-refractivity contribution in [3.05, 3.63) is 24.3 Å². The van der Waals surface area contributed by atoms with E-state index >= 15 is 0 Å². The summed E-state index contributed by atoms with van der Waals surface area (Å²) in [5.41, 5.74) is 6.74. The van der Waals surface area contributed by atoms with Crippen molar-refractivity contribution in [2.75, 3.05) is 28.4 Å². The number of benzene rings is 1. The van der Waals surface area contributed by atoms with Gasteiger partial charge in [-0.25, -0.2) is 8.42 Å². The fourth-order valence-electron chi connectivity index (χ4n) is 1.51. The number of nitrogen functional groups attached to an aromatic ring is 1. The monoisotopic (exact) mass is 304 g/mol. The molecule has 0 heterocycles. The van der Waals surface area contributed by atoms with Crippen molar-refractivity contribution in [2.45, 2.75) is 12.8 Å². The van der Waals surface area contributed by atoms with Crippen LogP contribution in [0.2, 0.25) is 0 Å². The lowest BCUT2D eigenvalue weighted by Gasteiger charge is -2.06. The van der Waals surface area contributed by atoms with Crippen molar-refractivity contribution >= 4 is 38.7 Å². The zero-order valence-corrected chi connectivity index (χ0v) is 12.0. The van der Waals surface area contributed by atoms with Crippen LogP contribution in [0.1, 0.15) is 12.8 Å². The lowest BCUT2D eigenvalue weighted by atomic mass is 10.2. The Morgan fingerprint density at radius 1 is 1.32 bits per heavy atom. The first kappa shape index (κ1) is 15.8. The quantitative estimate of drug-likeness (QED) is 0.592. The maximum atomic E-state index is 11.6. The molecule has 1 aromatic rings. The molecule has 1 rings (SSSR count). The Labute approximate surface area is 118 Å². The van der Waals surface area contributed by atoms with Gasteiger partial charge in [0.05, 0.1) is 11.5 Å². The van der Waals surface area contributed by atoms with Crippen LogP contribution in [0.15, 0.2) is 24.3 Å². The van der Waals surface area contributed by atoms with Gasteiger partial charge in [-0.1, -0.05) is 6.07 Å². The van der Waals surface area contributed by atoms with Crippen molar-refractivity contribution in [3.8, 4) is 0 Å². The van der Waals surface area contributed by atoms with Crippen LogP contribution in [0.5, 0.6) is 0 Å². The van der Waals surface area contributed by atoms with Gasteiger partial charge >= 0.3 is 0 Å². The number of sulfone groups is 1. The summed E-state index contributed by atoms with van der Waals surface area (Å²) in [5, 5.41) is 2.66. The number of alkyl halides is 1. The van der Waals surface area contributed by atoms with E-state index in [1.807, 2.05) is 0 Å². The van der Waals surface area contributed by atoms with E-state index in [4.69, 9.17) is 17.3 Å². The number of hydrogen-bond acceptors (Lipinski definition) is 4. The number of amides is 1. The maximum absolute atomic E-state index is 11.6. The number of nitrogens with two attached hydrogens (primary N) is 1. The molecule has 5 nitrogen and oxygen atoms in total. The average molecular weight is 305 g/mol. The van der Waals surface area contributed by atoms with Gasteiger partial charge in [-0.3, -0.25) is 4.79 Å². The molecule has 7 heteroatoms. The Morgan fingerprint density at radius 2 is 2.05 bits per heavy atom. The predicted molar refractivity (Wildman–Crippen MR) is 78.1 cm³/mol. The fraction of sp³-hybridized carbons (Fsp3) is 0.417. The molecule has 106 valence electrons. The highest BCUT2D eigenvalue weighted by Crippen LogP contribution is 2.12. The molecule has 0 aliphatic carbocycles. The van der Waals surface area contributed by atoms with Crippen LogP contribution in [0, 0.1) is 0 Å². The molecule has 0 atom stereocenters. The minimum absolute atomic E-state index is 0.0237. The maximum Gasteiger partial charge on any atom is 0.224 e. The van der Waals surface area contributed by atoms with Gasteiger partial charge in [-0.2, -0.15) is 0 Å². The summed E-state index contributed by atoms with van der Waals surface area (Å²) in [6.45, 7) is 0.